The van der Waals surface area contributed by atoms with Crippen LogP contribution in [0.4, 0.5) is 11.5 Å². The second-order valence-corrected chi connectivity index (χ2v) is 4.88. The van der Waals surface area contributed by atoms with Gasteiger partial charge in [-0.15, -0.1) is 0 Å². The number of hydrogen-bond acceptors (Lipinski definition) is 3. The van der Waals surface area contributed by atoms with E-state index < -0.39 is 0 Å². The van der Waals surface area contributed by atoms with Crippen LogP contribution in [0.1, 0.15) is 16.8 Å². The molecule has 0 atom stereocenters. The average molecular weight is 302 g/mol. The molecule has 2 aromatic rings. The summed E-state index contributed by atoms with van der Waals surface area (Å²) < 4.78 is 0.940. The van der Waals surface area contributed by atoms with Gasteiger partial charge in [-0.1, -0.05) is 12.1 Å². The molecule has 2 rings (SSSR count). The van der Waals surface area contributed by atoms with Gasteiger partial charge in [0.05, 0.1) is 11.3 Å². The maximum atomic E-state index is 9.20. The van der Waals surface area contributed by atoms with Crippen molar-refractivity contribution < 1.29 is 0 Å². The monoisotopic (exact) mass is 301 g/mol. The van der Waals surface area contributed by atoms with Gasteiger partial charge in [0.25, 0.3) is 0 Å². The van der Waals surface area contributed by atoms with E-state index in [1.165, 1.54) is 0 Å². The van der Waals surface area contributed by atoms with Crippen LogP contribution in [-0.2, 0) is 0 Å². The van der Waals surface area contributed by atoms with Crippen molar-refractivity contribution in [3.05, 3.63) is 51.6 Å². The van der Waals surface area contributed by atoms with Crippen LogP contribution in [-0.4, -0.2) is 4.98 Å². The van der Waals surface area contributed by atoms with Gasteiger partial charge in [0.1, 0.15) is 11.9 Å². The van der Waals surface area contributed by atoms with Crippen LogP contribution in [0.15, 0.2) is 34.8 Å². The maximum Gasteiger partial charge on any atom is 0.148 e. The first-order valence-corrected chi connectivity index (χ1v) is 6.31. The minimum Gasteiger partial charge on any atom is -0.338 e. The summed E-state index contributed by atoms with van der Waals surface area (Å²) in [5.41, 5.74) is 3.29. The third-order valence-corrected chi connectivity index (χ3v) is 3.27. The summed E-state index contributed by atoms with van der Waals surface area (Å²) in [5, 5.41) is 12.4. The third kappa shape index (κ3) is 2.52. The lowest BCUT2D eigenvalue weighted by atomic mass is 10.1. The maximum absolute atomic E-state index is 9.20. The molecule has 0 aliphatic carbocycles. The molecule has 1 aromatic heterocycles. The Morgan fingerprint density at radius 3 is 2.67 bits per heavy atom. The molecule has 0 spiro atoms. The number of aromatic nitrogens is 1. The molecule has 0 radical (unpaired) electrons. The summed E-state index contributed by atoms with van der Waals surface area (Å²) in [6, 6.07) is 11.8. The van der Waals surface area contributed by atoms with E-state index in [4.69, 9.17) is 0 Å². The summed E-state index contributed by atoms with van der Waals surface area (Å²) in [5.74, 6) is 0.599. The zero-order chi connectivity index (χ0) is 13.1. The van der Waals surface area contributed by atoms with Crippen molar-refractivity contribution >= 4 is 27.4 Å². The molecule has 0 bridgehead atoms. The van der Waals surface area contributed by atoms with E-state index >= 15 is 0 Å². The fourth-order valence-electron chi connectivity index (χ4n) is 1.76. The summed E-state index contributed by atoms with van der Waals surface area (Å²) in [7, 11) is 0. The summed E-state index contributed by atoms with van der Waals surface area (Å²) in [4.78, 5) is 4.39. The Balaban J connectivity index is 2.47. The number of hydrogen-bond donors (Lipinski definition) is 1. The summed E-state index contributed by atoms with van der Waals surface area (Å²) >= 11 is 3.46. The number of nitriles is 1. The van der Waals surface area contributed by atoms with Crippen LogP contribution in [0.3, 0.4) is 0 Å². The Morgan fingerprint density at radius 1 is 1.28 bits per heavy atom. The predicted molar refractivity (Wildman–Crippen MR) is 75.9 cm³/mol. The molecule has 0 unspecified atom stereocenters. The molecule has 18 heavy (non-hydrogen) atoms. The lowest BCUT2D eigenvalue weighted by molar-refractivity contribution is 1.16. The Morgan fingerprint density at radius 2 is 2.00 bits per heavy atom. The topological polar surface area (TPSA) is 48.7 Å². The van der Waals surface area contributed by atoms with Gasteiger partial charge in [-0.2, -0.15) is 5.26 Å². The lowest BCUT2D eigenvalue weighted by Crippen LogP contribution is -2.01. The molecule has 0 saturated carbocycles. The van der Waals surface area contributed by atoms with Gasteiger partial charge in [-0.3, -0.25) is 0 Å². The van der Waals surface area contributed by atoms with Gasteiger partial charge in [-0.25, -0.2) is 4.98 Å². The number of halogens is 1. The lowest BCUT2D eigenvalue weighted by Gasteiger charge is -2.11. The van der Waals surface area contributed by atoms with Crippen LogP contribution in [0.25, 0.3) is 0 Å². The quantitative estimate of drug-likeness (QED) is 0.909. The number of benzene rings is 1. The van der Waals surface area contributed by atoms with Crippen molar-refractivity contribution in [1.29, 1.82) is 5.26 Å². The molecular formula is C14H12BrN3. The van der Waals surface area contributed by atoms with Gasteiger partial charge >= 0.3 is 0 Å². The Bertz CT molecular complexity index is 629. The molecule has 1 aromatic carbocycles. The minimum absolute atomic E-state index is 0.580. The van der Waals surface area contributed by atoms with Crippen LogP contribution in [0.5, 0.6) is 0 Å². The van der Waals surface area contributed by atoms with Crippen molar-refractivity contribution in [1.82, 2.24) is 4.98 Å². The molecular weight excluding hydrogens is 290 g/mol. The molecule has 3 nitrogen and oxygen atoms in total. The highest BCUT2D eigenvalue weighted by Crippen LogP contribution is 2.27. The van der Waals surface area contributed by atoms with E-state index in [9.17, 15) is 5.26 Å². The highest BCUT2D eigenvalue weighted by molar-refractivity contribution is 9.10. The Labute approximate surface area is 115 Å². The molecule has 1 heterocycles. The second-order valence-electron chi connectivity index (χ2n) is 4.02. The van der Waals surface area contributed by atoms with Gasteiger partial charge in [0.2, 0.25) is 0 Å². The molecule has 90 valence electrons. The molecule has 4 heteroatoms. The first kappa shape index (κ1) is 12.6. The van der Waals surface area contributed by atoms with E-state index in [0.29, 0.717) is 11.4 Å². The summed E-state index contributed by atoms with van der Waals surface area (Å²) in [6.07, 6.45) is 0. The van der Waals surface area contributed by atoms with Crippen LogP contribution >= 0.6 is 15.9 Å². The molecule has 0 aliphatic heterocycles. The van der Waals surface area contributed by atoms with Crippen molar-refractivity contribution in [2.45, 2.75) is 13.8 Å². The smallest absolute Gasteiger partial charge is 0.148 e. The SMILES string of the molecule is Cc1cc(C)c(C#N)c(Nc2ccccc2Br)n1. The Hall–Kier alpha value is -1.86. The minimum atomic E-state index is 0.580. The Kier molecular flexibility index (Phi) is 3.63. The molecule has 0 aliphatic rings. The van der Waals surface area contributed by atoms with Crippen LogP contribution in [0, 0.1) is 25.2 Å². The zero-order valence-corrected chi connectivity index (χ0v) is 11.7. The van der Waals surface area contributed by atoms with Crippen molar-refractivity contribution in [2.75, 3.05) is 5.32 Å². The number of pyridine rings is 1. The number of nitrogens with one attached hydrogen (secondary N) is 1. The zero-order valence-electron chi connectivity index (χ0n) is 10.2. The normalized spacial score (nSPS) is 9.89. The molecule has 0 fully saturated rings. The number of anilines is 2. The van der Waals surface area contributed by atoms with Gasteiger partial charge in [-0.05, 0) is 53.5 Å². The highest BCUT2D eigenvalue weighted by Gasteiger charge is 2.09. The fraction of sp³-hybridized carbons (Fsp3) is 0.143. The van der Waals surface area contributed by atoms with E-state index in [1.807, 2.05) is 44.2 Å². The average Bonchev–Trinajstić information content (AvgIpc) is 2.31. The summed E-state index contributed by atoms with van der Waals surface area (Å²) in [6.45, 7) is 3.83. The number of aryl methyl sites for hydroxylation is 2. The predicted octanol–water partition coefficient (Wildman–Crippen LogP) is 4.08. The van der Waals surface area contributed by atoms with E-state index in [2.05, 4.69) is 32.3 Å². The van der Waals surface area contributed by atoms with E-state index in [1.54, 1.807) is 0 Å². The fourth-order valence-corrected chi connectivity index (χ4v) is 2.14. The molecule has 0 amide bonds. The number of rotatable bonds is 2. The highest BCUT2D eigenvalue weighted by atomic mass is 79.9. The third-order valence-electron chi connectivity index (χ3n) is 2.58. The largest absolute Gasteiger partial charge is 0.338 e. The van der Waals surface area contributed by atoms with Crippen molar-refractivity contribution in [3.63, 3.8) is 0 Å². The second kappa shape index (κ2) is 5.19. The van der Waals surface area contributed by atoms with Gasteiger partial charge in [0, 0.05) is 10.2 Å². The van der Waals surface area contributed by atoms with E-state index in [0.717, 1.165) is 21.4 Å². The first-order valence-electron chi connectivity index (χ1n) is 5.51. The standard InChI is InChI=1S/C14H12BrN3/c1-9-7-10(2)17-14(11(9)8-16)18-13-6-4-3-5-12(13)15/h3-7H,1-2H3,(H,17,18). The number of para-hydroxylation sites is 1. The van der Waals surface area contributed by atoms with Crippen molar-refractivity contribution in [2.24, 2.45) is 0 Å². The van der Waals surface area contributed by atoms with Gasteiger partial charge < -0.3 is 5.32 Å². The van der Waals surface area contributed by atoms with Crippen molar-refractivity contribution in [3.8, 4) is 6.07 Å². The number of nitrogens with zero attached hydrogens (tertiary/aromatic N) is 2. The van der Waals surface area contributed by atoms with E-state index in [-0.39, 0.29) is 0 Å². The molecule has 0 saturated heterocycles. The van der Waals surface area contributed by atoms with Gasteiger partial charge in [0.15, 0.2) is 0 Å². The molecule has 1 N–H and O–H groups in total. The van der Waals surface area contributed by atoms with Crippen LogP contribution in [0.2, 0.25) is 0 Å². The van der Waals surface area contributed by atoms with Crippen LogP contribution < -0.4 is 5.32 Å². The first-order chi connectivity index (χ1) is 8.61.